The molecule has 0 fully saturated rings. The highest BCUT2D eigenvalue weighted by Crippen LogP contribution is 2.39. The topological polar surface area (TPSA) is 96.9 Å². The zero-order chi connectivity index (χ0) is 19.6. The van der Waals surface area contributed by atoms with Crippen molar-refractivity contribution in [3.63, 3.8) is 0 Å². The zero-order valence-electron chi connectivity index (χ0n) is 15.4. The van der Waals surface area contributed by atoms with Gasteiger partial charge in [-0.15, -0.1) is 0 Å². The lowest BCUT2D eigenvalue weighted by molar-refractivity contribution is 0.0526. The second kappa shape index (κ2) is 10.5. The fourth-order valence-electron chi connectivity index (χ4n) is 2.38. The number of benzene rings is 2. The van der Waals surface area contributed by atoms with E-state index < -0.39 is 17.2 Å². The molecule has 0 spiro atoms. The highest BCUT2D eigenvalue weighted by molar-refractivity contribution is 7.80. The predicted molar refractivity (Wildman–Crippen MR) is 107 cm³/mol. The van der Waals surface area contributed by atoms with Crippen LogP contribution in [-0.4, -0.2) is 27.9 Å². The molecule has 0 aliphatic heterocycles. The summed E-state index contributed by atoms with van der Waals surface area (Å²) < 4.78 is 34.1. The van der Waals surface area contributed by atoms with E-state index in [-0.39, 0.29) is 17.9 Å². The fraction of sp³-hybridized carbons (Fsp3) is 0.316. The van der Waals surface area contributed by atoms with Gasteiger partial charge in [0.1, 0.15) is 5.75 Å². The van der Waals surface area contributed by atoms with Crippen LogP contribution in [0.2, 0.25) is 0 Å². The summed E-state index contributed by atoms with van der Waals surface area (Å²) in [5.74, 6) is 0.369. The minimum Gasteiger partial charge on any atom is -0.462 e. The average Bonchev–Trinajstić information content (AvgIpc) is 2.64. The van der Waals surface area contributed by atoms with E-state index in [1.54, 1.807) is 25.1 Å². The molecule has 0 saturated heterocycles. The number of esters is 1. The minimum atomic E-state index is -2.34. The van der Waals surface area contributed by atoms with Crippen molar-refractivity contribution in [1.29, 1.82) is 0 Å². The van der Waals surface area contributed by atoms with E-state index in [9.17, 15) is 13.6 Å². The maximum atomic E-state index is 12.2. The van der Waals surface area contributed by atoms with E-state index in [4.69, 9.17) is 9.47 Å². The van der Waals surface area contributed by atoms with Gasteiger partial charge in [0.2, 0.25) is 0 Å². The Balaban J connectivity index is 2.49. The van der Waals surface area contributed by atoms with Crippen LogP contribution in [0.15, 0.2) is 42.5 Å². The zero-order valence-corrected chi connectivity index (χ0v) is 16.2. The molecule has 1 atom stereocenters. The molecule has 0 heterocycles. The number of hydrogen-bond acceptors (Lipinski definition) is 5. The molecular weight excluding hydrogens is 368 g/mol. The standard InChI is InChI=1S/C19H24N2O5S/c1-3-5-11-20-16-12-14(19(22)25-4-2)13-17(21-27(23)24)18(16)26-15-9-7-6-8-10-15/h6-10,12-13,20-21H,3-5,11H2,1-2H3,(H,23,24). The first-order valence-electron chi connectivity index (χ1n) is 8.74. The SMILES string of the molecule is CCCCNc1cc(C(=O)OCC)cc(NS(=O)O)c1Oc1ccccc1. The van der Waals surface area contributed by atoms with Gasteiger partial charge < -0.3 is 14.8 Å². The van der Waals surface area contributed by atoms with Crippen molar-refractivity contribution in [2.45, 2.75) is 26.7 Å². The first-order chi connectivity index (χ1) is 13.0. The van der Waals surface area contributed by atoms with Crippen molar-refractivity contribution < 1.29 is 23.0 Å². The van der Waals surface area contributed by atoms with Crippen molar-refractivity contribution in [3.05, 3.63) is 48.0 Å². The van der Waals surface area contributed by atoms with Crippen LogP contribution in [0, 0.1) is 0 Å². The van der Waals surface area contributed by atoms with Crippen molar-refractivity contribution in [2.24, 2.45) is 0 Å². The number of para-hydroxylation sites is 1. The summed E-state index contributed by atoms with van der Waals surface area (Å²) in [4.78, 5) is 12.2. The van der Waals surface area contributed by atoms with E-state index in [1.807, 2.05) is 18.2 Å². The van der Waals surface area contributed by atoms with Gasteiger partial charge in [-0.2, -0.15) is 0 Å². The quantitative estimate of drug-likeness (QED) is 0.315. The molecule has 2 aromatic rings. The molecule has 0 aliphatic carbocycles. The van der Waals surface area contributed by atoms with Gasteiger partial charge in [-0.3, -0.25) is 9.27 Å². The number of anilines is 2. The largest absolute Gasteiger partial charge is 0.462 e. The predicted octanol–water partition coefficient (Wildman–Crippen LogP) is 4.42. The molecule has 146 valence electrons. The molecule has 2 rings (SSSR count). The molecule has 1 unspecified atom stereocenters. The third-order valence-electron chi connectivity index (χ3n) is 3.61. The molecule has 0 aromatic heterocycles. The monoisotopic (exact) mass is 392 g/mol. The lowest BCUT2D eigenvalue weighted by Crippen LogP contribution is -2.11. The normalized spacial score (nSPS) is 11.5. The Labute approximate surface area is 161 Å². The third kappa shape index (κ3) is 6.26. The molecule has 27 heavy (non-hydrogen) atoms. The first-order valence-corrected chi connectivity index (χ1v) is 9.85. The van der Waals surface area contributed by atoms with E-state index in [0.717, 1.165) is 12.8 Å². The summed E-state index contributed by atoms with van der Waals surface area (Å²) in [6, 6.07) is 12.1. The van der Waals surface area contributed by atoms with Crippen LogP contribution in [0.3, 0.4) is 0 Å². The molecule has 3 N–H and O–H groups in total. The number of carbonyl (C=O) groups is 1. The lowest BCUT2D eigenvalue weighted by atomic mass is 10.1. The number of hydrogen-bond donors (Lipinski definition) is 3. The number of carbonyl (C=O) groups excluding carboxylic acids is 1. The Morgan fingerprint density at radius 3 is 2.48 bits per heavy atom. The molecular formula is C19H24N2O5S. The van der Waals surface area contributed by atoms with Gasteiger partial charge in [0.05, 0.1) is 23.5 Å². The van der Waals surface area contributed by atoms with Crippen LogP contribution in [0.5, 0.6) is 11.5 Å². The van der Waals surface area contributed by atoms with Crippen LogP contribution in [0.4, 0.5) is 11.4 Å². The minimum absolute atomic E-state index is 0.212. The number of nitrogens with one attached hydrogen (secondary N) is 2. The van der Waals surface area contributed by atoms with E-state index in [2.05, 4.69) is 17.0 Å². The molecule has 0 saturated carbocycles. The third-order valence-corrected chi connectivity index (χ3v) is 4.00. The molecule has 8 heteroatoms. The molecule has 0 bridgehead atoms. The average molecular weight is 392 g/mol. The van der Waals surface area contributed by atoms with Crippen molar-refractivity contribution in [3.8, 4) is 11.5 Å². The van der Waals surface area contributed by atoms with Crippen molar-refractivity contribution in [2.75, 3.05) is 23.2 Å². The first kappa shape index (κ1) is 20.7. The Bertz CT molecular complexity index is 783. The summed E-state index contributed by atoms with van der Waals surface area (Å²) >= 11 is -2.34. The molecule has 0 radical (unpaired) electrons. The lowest BCUT2D eigenvalue weighted by Gasteiger charge is -2.18. The van der Waals surface area contributed by atoms with Crippen LogP contribution < -0.4 is 14.8 Å². The van der Waals surface area contributed by atoms with Crippen LogP contribution >= 0.6 is 0 Å². The number of unbranched alkanes of at least 4 members (excludes halogenated alkanes) is 1. The highest BCUT2D eigenvalue weighted by Gasteiger charge is 2.18. The molecule has 0 amide bonds. The van der Waals surface area contributed by atoms with Crippen LogP contribution in [-0.2, 0) is 16.0 Å². The Morgan fingerprint density at radius 2 is 1.85 bits per heavy atom. The highest BCUT2D eigenvalue weighted by atomic mass is 32.2. The van der Waals surface area contributed by atoms with Gasteiger partial charge in [0, 0.05) is 6.54 Å². The van der Waals surface area contributed by atoms with Gasteiger partial charge in [-0.25, -0.2) is 9.00 Å². The second-order valence-electron chi connectivity index (χ2n) is 5.67. The molecule has 7 nitrogen and oxygen atoms in total. The van der Waals surface area contributed by atoms with Gasteiger partial charge in [-0.1, -0.05) is 31.5 Å². The summed E-state index contributed by atoms with van der Waals surface area (Å²) in [5.41, 5.74) is 0.999. The molecule has 0 aliphatic rings. The van der Waals surface area contributed by atoms with Gasteiger partial charge in [0.25, 0.3) is 11.3 Å². The van der Waals surface area contributed by atoms with Gasteiger partial charge in [-0.05, 0) is 37.6 Å². The maximum absolute atomic E-state index is 12.2. The van der Waals surface area contributed by atoms with Crippen molar-refractivity contribution >= 4 is 28.6 Å². The van der Waals surface area contributed by atoms with Crippen LogP contribution in [0.1, 0.15) is 37.0 Å². The Morgan fingerprint density at radius 1 is 1.15 bits per heavy atom. The summed E-state index contributed by atoms with van der Waals surface area (Å²) in [6.07, 6.45) is 1.91. The maximum Gasteiger partial charge on any atom is 0.338 e. The fourth-order valence-corrected chi connectivity index (χ4v) is 2.72. The van der Waals surface area contributed by atoms with Crippen LogP contribution in [0.25, 0.3) is 0 Å². The van der Waals surface area contributed by atoms with Crippen molar-refractivity contribution in [1.82, 2.24) is 0 Å². The van der Waals surface area contributed by atoms with Gasteiger partial charge in [0.15, 0.2) is 5.75 Å². The second-order valence-corrected chi connectivity index (χ2v) is 6.37. The van der Waals surface area contributed by atoms with E-state index >= 15 is 0 Å². The van der Waals surface area contributed by atoms with E-state index in [1.165, 1.54) is 6.07 Å². The summed E-state index contributed by atoms with van der Waals surface area (Å²) in [6.45, 7) is 4.68. The summed E-state index contributed by atoms with van der Waals surface area (Å²) in [5, 5.41) is 3.23. The van der Waals surface area contributed by atoms with E-state index in [0.29, 0.717) is 23.7 Å². The molecule has 2 aromatic carbocycles. The van der Waals surface area contributed by atoms with Gasteiger partial charge >= 0.3 is 5.97 Å². The number of ether oxygens (including phenoxy) is 2. The summed E-state index contributed by atoms with van der Waals surface area (Å²) in [7, 11) is 0. The Hall–Kier alpha value is -2.58. The smallest absolute Gasteiger partial charge is 0.338 e. The Kier molecular flexibility index (Phi) is 8.09. The number of rotatable bonds is 10.